The second kappa shape index (κ2) is 11.3. The molecular weight excluding hydrogens is 365 g/mol. The molecule has 2 aromatic rings. The van der Waals surface area contributed by atoms with Crippen LogP contribution in [0, 0.1) is 5.82 Å². The molecule has 0 radical (unpaired) electrons. The molecule has 0 spiro atoms. The number of halogens is 1. The SMILES string of the molecule is CN=C(NCCS(=O)Cc1ccccc1)NCC(C)Oc1ccc(F)cc1. The van der Waals surface area contributed by atoms with Crippen LogP contribution in [0.25, 0.3) is 0 Å². The minimum Gasteiger partial charge on any atom is -0.489 e. The van der Waals surface area contributed by atoms with Crippen LogP contribution in [-0.2, 0) is 16.6 Å². The van der Waals surface area contributed by atoms with Gasteiger partial charge < -0.3 is 15.4 Å². The molecule has 0 heterocycles. The summed E-state index contributed by atoms with van der Waals surface area (Å²) in [5.74, 6) is 2.04. The maximum atomic E-state index is 12.9. The van der Waals surface area contributed by atoms with E-state index in [0.29, 0.717) is 36.3 Å². The standard InChI is InChI=1S/C20H26FN3O2S/c1-16(26-19-10-8-18(21)9-11-19)14-24-20(22-2)23-12-13-27(25)15-17-6-4-3-5-7-17/h3-11,16H,12-15H2,1-2H3,(H2,22,23,24). The van der Waals surface area contributed by atoms with Gasteiger partial charge in [0.25, 0.3) is 0 Å². The van der Waals surface area contributed by atoms with Crippen LogP contribution in [0.15, 0.2) is 59.6 Å². The summed E-state index contributed by atoms with van der Waals surface area (Å²) in [5.41, 5.74) is 1.07. The van der Waals surface area contributed by atoms with E-state index in [-0.39, 0.29) is 11.9 Å². The van der Waals surface area contributed by atoms with Crippen molar-refractivity contribution in [3.05, 3.63) is 66.0 Å². The topological polar surface area (TPSA) is 62.7 Å². The maximum Gasteiger partial charge on any atom is 0.191 e. The van der Waals surface area contributed by atoms with Gasteiger partial charge in [-0.05, 0) is 36.8 Å². The molecule has 2 atom stereocenters. The Bertz CT molecular complexity index is 739. The van der Waals surface area contributed by atoms with Crippen LogP contribution >= 0.6 is 0 Å². The Hall–Kier alpha value is -2.41. The highest BCUT2D eigenvalue weighted by atomic mass is 32.2. The molecule has 0 aromatic heterocycles. The Kier molecular flexibility index (Phi) is 8.77. The summed E-state index contributed by atoms with van der Waals surface area (Å²) in [6.45, 7) is 3.01. The number of hydrogen-bond acceptors (Lipinski definition) is 3. The third kappa shape index (κ3) is 8.21. The molecule has 0 aliphatic carbocycles. The minimum atomic E-state index is -0.931. The summed E-state index contributed by atoms with van der Waals surface area (Å²) in [5, 5.41) is 6.32. The Balaban J connectivity index is 1.66. The fourth-order valence-electron chi connectivity index (χ4n) is 2.36. The normalized spacial score (nSPS) is 13.7. The van der Waals surface area contributed by atoms with Crippen LogP contribution in [0.2, 0.25) is 0 Å². The first-order chi connectivity index (χ1) is 13.1. The quantitative estimate of drug-likeness (QED) is 0.510. The van der Waals surface area contributed by atoms with Crippen molar-refractivity contribution in [2.45, 2.75) is 18.8 Å². The lowest BCUT2D eigenvalue weighted by Crippen LogP contribution is -2.43. The predicted molar refractivity (Wildman–Crippen MR) is 109 cm³/mol. The monoisotopic (exact) mass is 391 g/mol. The molecule has 0 fully saturated rings. The van der Waals surface area contributed by atoms with E-state index in [9.17, 15) is 8.60 Å². The van der Waals surface area contributed by atoms with Crippen molar-refractivity contribution < 1.29 is 13.3 Å². The molecule has 0 amide bonds. The molecule has 0 aliphatic heterocycles. The maximum absolute atomic E-state index is 12.9. The Morgan fingerprint density at radius 1 is 1.15 bits per heavy atom. The van der Waals surface area contributed by atoms with Gasteiger partial charge in [-0.15, -0.1) is 0 Å². The number of aliphatic imine (C=N–C) groups is 1. The highest BCUT2D eigenvalue weighted by molar-refractivity contribution is 7.84. The van der Waals surface area contributed by atoms with Gasteiger partial charge in [-0.3, -0.25) is 9.20 Å². The molecule has 2 N–H and O–H groups in total. The molecule has 146 valence electrons. The molecule has 0 bridgehead atoms. The average Bonchev–Trinajstić information content (AvgIpc) is 2.67. The van der Waals surface area contributed by atoms with Gasteiger partial charge >= 0.3 is 0 Å². The Morgan fingerprint density at radius 2 is 1.85 bits per heavy atom. The number of guanidine groups is 1. The van der Waals surface area contributed by atoms with Crippen LogP contribution in [-0.4, -0.2) is 42.2 Å². The molecule has 2 unspecified atom stereocenters. The van der Waals surface area contributed by atoms with Gasteiger partial charge in [0, 0.05) is 35.9 Å². The molecule has 0 aliphatic rings. The molecule has 2 rings (SSSR count). The van der Waals surface area contributed by atoms with Gasteiger partial charge in [0.05, 0.1) is 6.54 Å². The van der Waals surface area contributed by atoms with Crippen molar-refractivity contribution in [3.63, 3.8) is 0 Å². The fraction of sp³-hybridized carbons (Fsp3) is 0.350. The van der Waals surface area contributed by atoms with E-state index in [1.54, 1.807) is 19.2 Å². The van der Waals surface area contributed by atoms with Crippen LogP contribution in [0.1, 0.15) is 12.5 Å². The highest BCUT2D eigenvalue weighted by Crippen LogP contribution is 2.12. The first-order valence-electron chi connectivity index (χ1n) is 8.82. The molecule has 7 heteroatoms. The number of nitrogens with zero attached hydrogens (tertiary/aromatic N) is 1. The second-order valence-electron chi connectivity index (χ2n) is 6.04. The van der Waals surface area contributed by atoms with Crippen LogP contribution in [0.4, 0.5) is 4.39 Å². The lowest BCUT2D eigenvalue weighted by atomic mass is 10.2. The van der Waals surface area contributed by atoms with Gasteiger partial charge in [0.15, 0.2) is 5.96 Å². The Morgan fingerprint density at radius 3 is 2.52 bits per heavy atom. The van der Waals surface area contributed by atoms with E-state index in [1.165, 1.54) is 12.1 Å². The molecule has 0 saturated carbocycles. The van der Waals surface area contributed by atoms with Gasteiger partial charge in [0.2, 0.25) is 0 Å². The van der Waals surface area contributed by atoms with E-state index in [1.807, 2.05) is 37.3 Å². The molecule has 27 heavy (non-hydrogen) atoms. The molecular formula is C20H26FN3O2S. The molecule has 5 nitrogen and oxygen atoms in total. The summed E-state index contributed by atoms with van der Waals surface area (Å²) in [6, 6.07) is 15.7. The second-order valence-corrected chi connectivity index (χ2v) is 7.61. The number of hydrogen-bond donors (Lipinski definition) is 2. The van der Waals surface area contributed by atoms with Crippen LogP contribution < -0.4 is 15.4 Å². The van der Waals surface area contributed by atoms with E-state index < -0.39 is 10.8 Å². The summed E-state index contributed by atoms with van der Waals surface area (Å²) in [7, 11) is 0.751. The zero-order valence-electron chi connectivity index (χ0n) is 15.7. The lowest BCUT2D eigenvalue weighted by molar-refractivity contribution is 0.223. The molecule has 2 aromatic carbocycles. The number of nitrogens with one attached hydrogen (secondary N) is 2. The Labute approximate surface area is 162 Å². The van der Waals surface area contributed by atoms with E-state index >= 15 is 0 Å². The highest BCUT2D eigenvalue weighted by Gasteiger charge is 2.07. The summed E-state index contributed by atoms with van der Waals surface area (Å²) >= 11 is 0. The van der Waals surface area contributed by atoms with Crippen molar-refractivity contribution in [2.75, 3.05) is 25.9 Å². The summed E-state index contributed by atoms with van der Waals surface area (Å²) in [6.07, 6.45) is -0.124. The van der Waals surface area contributed by atoms with E-state index in [2.05, 4.69) is 15.6 Å². The number of benzene rings is 2. The van der Waals surface area contributed by atoms with Crippen LogP contribution in [0.5, 0.6) is 5.75 Å². The third-order valence-electron chi connectivity index (χ3n) is 3.72. The number of ether oxygens (including phenoxy) is 1. The first kappa shape index (κ1) is 20.9. The van der Waals surface area contributed by atoms with E-state index in [4.69, 9.17) is 4.74 Å². The van der Waals surface area contributed by atoms with Crippen molar-refractivity contribution in [1.82, 2.24) is 10.6 Å². The third-order valence-corrected chi connectivity index (χ3v) is 5.04. The smallest absolute Gasteiger partial charge is 0.191 e. The predicted octanol–water partition coefficient (Wildman–Crippen LogP) is 2.71. The zero-order chi connectivity index (χ0) is 19.5. The number of rotatable bonds is 9. The molecule has 0 saturated heterocycles. The van der Waals surface area contributed by atoms with E-state index in [0.717, 1.165) is 5.56 Å². The van der Waals surface area contributed by atoms with Crippen molar-refractivity contribution in [2.24, 2.45) is 4.99 Å². The fourth-order valence-corrected chi connectivity index (χ4v) is 3.40. The van der Waals surface area contributed by atoms with Crippen LogP contribution in [0.3, 0.4) is 0 Å². The van der Waals surface area contributed by atoms with Crippen molar-refractivity contribution in [3.8, 4) is 5.75 Å². The van der Waals surface area contributed by atoms with Gasteiger partial charge in [-0.2, -0.15) is 0 Å². The van der Waals surface area contributed by atoms with Crippen molar-refractivity contribution in [1.29, 1.82) is 0 Å². The largest absolute Gasteiger partial charge is 0.489 e. The van der Waals surface area contributed by atoms with Gasteiger partial charge in [-0.25, -0.2) is 4.39 Å². The average molecular weight is 392 g/mol. The van der Waals surface area contributed by atoms with Crippen molar-refractivity contribution >= 4 is 16.8 Å². The van der Waals surface area contributed by atoms with Gasteiger partial charge in [0.1, 0.15) is 17.7 Å². The first-order valence-corrected chi connectivity index (χ1v) is 10.3. The van der Waals surface area contributed by atoms with Gasteiger partial charge in [-0.1, -0.05) is 30.3 Å². The zero-order valence-corrected chi connectivity index (χ0v) is 16.5. The summed E-state index contributed by atoms with van der Waals surface area (Å²) in [4.78, 5) is 4.15. The lowest BCUT2D eigenvalue weighted by Gasteiger charge is -2.17. The minimum absolute atomic E-state index is 0.124. The summed E-state index contributed by atoms with van der Waals surface area (Å²) < 4.78 is 30.8.